The standard InChI is InChI=1S/C10H12N2O5S/c1-18(16,17)5-9(13)12-8-4-6(11)2-3-7(8)10(14)15/h2-4H,5,11H2,1H3,(H,12,13)(H,14,15). The van der Waals surface area contributed by atoms with Crippen LogP contribution in [0.2, 0.25) is 0 Å². The van der Waals surface area contributed by atoms with Crippen LogP contribution < -0.4 is 11.1 Å². The number of benzene rings is 1. The van der Waals surface area contributed by atoms with Crippen LogP contribution in [-0.2, 0) is 14.6 Å². The number of nitrogens with two attached hydrogens (primary N) is 1. The van der Waals surface area contributed by atoms with Crippen molar-refractivity contribution in [3.8, 4) is 0 Å². The molecule has 0 bridgehead atoms. The maximum absolute atomic E-state index is 11.4. The fourth-order valence-electron chi connectivity index (χ4n) is 1.28. The molecule has 1 aromatic rings. The summed E-state index contributed by atoms with van der Waals surface area (Å²) in [7, 11) is -3.48. The zero-order valence-electron chi connectivity index (χ0n) is 9.50. The second-order valence-electron chi connectivity index (χ2n) is 3.73. The van der Waals surface area contributed by atoms with Gasteiger partial charge < -0.3 is 16.2 Å². The number of sulfone groups is 1. The minimum Gasteiger partial charge on any atom is -0.478 e. The molecule has 4 N–H and O–H groups in total. The molecule has 0 spiro atoms. The molecular formula is C10H12N2O5S. The first-order valence-corrected chi connectivity index (χ1v) is 6.85. The molecule has 0 fully saturated rings. The Balaban J connectivity index is 3.00. The average molecular weight is 272 g/mol. The lowest BCUT2D eigenvalue weighted by molar-refractivity contribution is -0.113. The van der Waals surface area contributed by atoms with Crippen molar-refractivity contribution < 1.29 is 23.1 Å². The van der Waals surface area contributed by atoms with Gasteiger partial charge in [0.2, 0.25) is 5.91 Å². The summed E-state index contributed by atoms with van der Waals surface area (Å²) in [5, 5.41) is 11.1. The Hall–Kier alpha value is -2.09. The molecule has 0 saturated carbocycles. The van der Waals surface area contributed by atoms with Gasteiger partial charge in [-0.3, -0.25) is 4.79 Å². The Morgan fingerprint density at radius 3 is 2.50 bits per heavy atom. The minimum absolute atomic E-state index is 0.0313. The Morgan fingerprint density at radius 2 is 2.00 bits per heavy atom. The SMILES string of the molecule is CS(=O)(=O)CC(=O)Nc1cc(N)ccc1C(=O)O. The van der Waals surface area contributed by atoms with Gasteiger partial charge in [0, 0.05) is 11.9 Å². The van der Waals surface area contributed by atoms with E-state index in [0.29, 0.717) is 0 Å². The lowest BCUT2D eigenvalue weighted by Gasteiger charge is -2.08. The highest BCUT2D eigenvalue weighted by atomic mass is 32.2. The number of nitrogen functional groups attached to an aromatic ring is 1. The Labute approximate surface area is 104 Å². The van der Waals surface area contributed by atoms with E-state index in [4.69, 9.17) is 10.8 Å². The summed E-state index contributed by atoms with van der Waals surface area (Å²) < 4.78 is 21.8. The van der Waals surface area contributed by atoms with Gasteiger partial charge in [-0.25, -0.2) is 13.2 Å². The molecule has 0 radical (unpaired) electrons. The Bertz CT molecular complexity index is 594. The fraction of sp³-hybridized carbons (Fsp3) is 0.200. The van der Waals surface area contributed by atoms with Crippen molar-refractivity contribution in [2.75, 3.05) is 23.1 Å². The summed E-state index contributed by atoms with van der Waals surface area (Å²) in [4.78, 5) is 22.3. The number of anilines is 2. The molecule has 1 amide bonds. The number of rotatable bonds is 4. The number of carbonyl (C=O) groups is 2. The zero-order valence-corrected chi connectivity index (χ0v) is 10.3. The molecule has 7 nitrogen and oxygen atoms in total. The summed E-state index contributed by atoms with van der Waals surface area (Å²) in [6, 6.07) is 3.85. The van der Waals surface area contributed by atoms with Crippen molar-refractivity contribution in [3.63, 3.8) is 0 Å². The molecular weight excluding hydrogens is 260 g/mol. The molecule has 0 heterocycles. The number of amides is 1. The highest BCUT2D eigenvalue weighted by Gasteiger charge is 2.15. The van der Waals surface area contributed by atoms with Crippen molar-refractivity contribution in [1.29, 1.82) is 0 Å². The van der Waals surface area contributed by atoms with Gasteiger partial charge in [0.25, 0.3) is 0 Å². The zero-order chi connectivity index (χ0) is 13.9. The fourth-order valence-corrected chi connectivity index (χ4v) is 1.82. The summed E-state index contributed by atoms with van der Waals surface area (Å²) in [6.45, 7) is 0. The van der Waals surface area contributed by atoms with Crippen LogP contribution in [0.1, 0.15) is 10.4 Å². The second kappa shape index (κ2) is 5.05. The van der Waals surface area contributed by atoms with E-state index in [1.54, 1.807) is 0 Å². The first-order valence-electron chi connectivity index (χ1n) is 4.79. The summed E-state index contributed by atoms with van der Waals surface area (Å²) in [5.41, 5.74) is 5.53. The second-order valence-corrected chi connectivity index (χ2v) is 5.87. The van der Waals surface area contributed by atoms with Crippen molar-refractivity contribution in [2.24, 2.45) is 0 Å². The van der Waals surface area contributed by atoms with Crippen molar-refractivity contribution >= 4 is 33.1 Å². The molecule has 0 aliphatic carbocycles. The molecule has 18 heavy (non-hydrogen) atoms. The first kappa shape index (κ1) is 14.0. The van der Waals surface area contributed by atoms with Gasteiger partial charge in [0.05, 0.1) is 11.3 Å². The smallest absolute Gasteiger partial charge is 0.337 e. The maximum atomic E-state index is 11.4. The number of nitrogens with one attached hydrogen (secondary N) is 1. The van der Waals surface area contributed by atoms with Crippen LogP contribution in [0, 0.1) is 0 Å². The van der Waals surface area contributed by atoms with Crippen molar-refractivity contribution in [1.82, 2.24) is 0 Å². The van der Waals surface area contributed by atoms with Gasteiger partial charge >= 0.3 is 5.97 Å². The summed E-state index contributed by atoms with van der Waals surface area (Å²) >= 11 is 0. The van der Waals surface area contributed by atoms with E-state index in [2.05, 4.69) is 5.32 Å². The van der Waals surface area contributed by atoms with Crippen molar-refractivity contribution in [2.45, 2.75) is 0 Å². The van der Waals surface area contributed by atoms with Crippen LogP contribution >= 0.6 is 0 Å². The van der Waals surface area contributed by atoms with E-state index in [-0.39, 0.29) is 16.9 Å². The molecule has 1 rings (SSSR count). The maximum Gasteiger partial charge on any atom is 0.337 e. The molecule has 0 aromatic heterocycles. The lowest BCUT2D eigenvalue weighted by Crippen LogP contribution is -2.23. The van der Waals surface area contributed by atoms with Gasteiger partial charge in [-0.1, -0.05) is 0 Å². The van der Waals surface area contributed by atoms with Crippen LogP contribution in [0.4, 0.5) is 11.4 Å². The molecule has 0 aliphatic rings. The number of hydrogen-bond acceptors (Lipinski definition) is 5. The normalized spacial score (nSPS) is 10.9. The number of carboxylic acid groups (broad SMARTS) is 1. The van der Waals surface area contributed by atoms with E-state index >= 15 is 0 Å². The first-order chi connectivity index (χ1) is 8.19. The molecule has 0 unspecified atom stereocenters. The summed E-state index contributed by atoms with van der Waals surface area (Å²) in [5.74, 6) is -2.78. The van der Waals surface area contributed by atoms with E-state index in [0.717, 1.165) is 6.26 Å². The minimum atomic E-state index is -3.48. The highest BCUT2D eigenvalue weighted by molar-refractivity contribution is 7.91. The lowest BCUT2D eigenvalue weighted by atomic mass is 10.1. The molecule has 1 aromatic carbocycles. The van der Waals surface area contributed by atoms with Crippen LogP contribution in [0.3, 0.4) is 0 Å². The quantitative estimate of drug-likeness (QED) is 0.659. The van der Waals surface area contributed by atoms with Crippen LogP contribution in [0.25, 0.3) is 0 Å². The van der Waals surface area contributed by atoms with E-state index < -0.39 is 27.5 Å². The topological polar surface area (TPSA) is 127 Å². The van der Waals surface area contributed by atoms with Gasteiger partial charge in [-0.05, 0) is 18.2 Å². The molecule has 0 saturated heterocycles. The van der Waals surface area contributed by atoms with Gasteiger partial charge in [0.15, 0.2) is 9.84 Å². The Kier molecular flexibility index (Phi) is 3.92. The third-order valence-electron chi connectivity index (χ3n) is 1.94. The van der Waals surface area contributed by atoms with E-state index in [9.17, 15) is 18.0 Å². The monoisotopic (exact) mass is 272 g/mol. The van der Waals surface area contributed by atoms with Crippen LogP contribution in [-0.4, -0.2) is 37.4 Å². The number of hydrogen-bond donors (Lipinski definition) is 3. The van der Waals surface area contributed by atoms with Gasteiger partial charge in [0.1, 0.15) is 5.75 Å². The van der Waals surface area contributed by atoms with E-state index in [1.807, 2.05) is 0 Å². The van der Waals surface area contributed by atoms with Crippen LogP contribution in [0.15, 0.2) is 18.2 Å². The molecule has 98 valence electrons. The third-order valence-corrected chi connectivity index (χ3v) is 2.73. The molecule has 0 aliphatic heterocycles. The Morgan fingerprint density at radius 1 is 1.39 bits per heavy atom. The van der Waals surface area contributed by atoms with E-state index in [1.165, 1.54) is 18.2 Å². The third kappa shape index (κ3) is 4.06. The predicted molar refractivity (Wildman–Crippen MR) is 66.2 cm³/mol. The van der Waals surface area contributed by atoms with Gasteiger partial charge in [-0.2, -0.15) is 0 Å². The van der Waals surface area contributed by atoms with Crippen molar-refractivity contribution in [3.05, 3.63) is 23.8 Å². The number of carbonyl (C=O) groups excluding carboxylic acids is 1. The van der Waals surface area contributed by atoms with Gasteiger partial charge in [-0.15, -0.1) is 0 Å². The number of aromatic carboxylic acids is 1. The molecule has 8 heteroatoms. The average Bonchev–Trinajstić information content (AvgIpc) is 2.13. The van der Waals surface area contributed by atoms with Crippen LogP contribution in [0.5, 0.6) is 0 Å². The summed E-state index contributed by atoms with van der Waals surface area (Å²) in [6.07, 6.45) is 0.907. The largest absolute Gasteiger partial charge is 0.478 e. The number of carboxylic acids is 1. The molecule has 0 atom stereocenters. The predicted octanol–water partition coefficient (Wildman–Crippen LogP) is -0.0499. The highest BCUT2D eigenvalue weighted by Crippen LogP contribution is 2.19.